The van der Waals surface area contributed by atoms with Crippen LogP contribution in [-0.4, -0.2) is 112 Å². The number of hydrogen-bond donors (Lipinski definition) is 0. The van der Waals surface area contributed by atoms with Crippen LogP contribution in [0.4, 0.5) is 0 Å². The minimum Gasteiger partial charge on any atom is -0.462 e. The maximum absolute atomic E-state index is 14.6. The van der Waals surface area contributed by atoms with Crippen molar-refractivity contribution in [2.45, 2.75) is 147 Å². The summed E-state index contributed by atoms with van der Waals surface area (Å²) in [6.45, 7) is 7.87. The number of nitrogens with zero attached hydrogens (tertiary/aromatic N) is 1. The number of likely N-dealkylation sites (N-methyl/N-ethyl adjacent to an activating group) is 1. The first kappa shape index (κ1) is 38.7. The molecule has 6 rings (SSSR count). The van der Waals surface area contributed by atoms with Gasteiger partial charge in [-0.1, -0.05) is 32.1 Å². The van der Waals surface area contributed by atoms with E-state index < -0.39 is 24.6 Å². The molecule has 0 spiro atoms. The predicted octanol–water partition coefficient (Wildman–Crippen LogP) is 5.04. The van der Waals surface area contributed by atoms with Gasteiger partial charge < -0.3 is 38.1 Å². The summed E-state index contributed by atoms with van der Waals surface area (Å²) in [5, 5.41) is 0. The number of esters is 1. The van der Waals surface area contributed by atoms with Crippen molar-refractivity contribution in [1.29, 1.82) is 0 Å². The van der Waals surface area contributed by atoms with Gasteiger partial charge >= 0.3 is 5.97 Å². The third-order valence-corrected chi connectivity index (χ3v) is 12.8. The number of hydrogen-bond acceptors (Lipinski definition) is 11. The molecule has 0 radical (unpaired) electrons. The molecule has 0 unspecified atom stereocenters. The van der Waals surface area contributed by atoms with E-state index in [-0.39, 0.29) is 90.2 Å². The lowest BCUT2D eigenvalue weighted by Crippen LogP contribution is -2.57. The third-order valence-electron chi connectivity index (χ3n) is 12.8. The van der Waals surface area contributed by atoms with Crippen molar-refractivity contribution in [2.75, 3.05) is 28.3 Å². The van der Waals surface area contributed by atoms with Crippen molar-refractivity contribution >= 4 is 17.5 Å². The lowest BCUT2D eigenvalue weighted by Gasteiger charge is -2.40. The van der Waals surface area contributed by atoms with Gasteiger partial charge in [-0.3, -0.25) is 14.4 Å². The van der Waals surface area contributed by atoms with Crippen molar-refractivity contribution in [1.82, 2.24) is 4.90 Å². The van der Waals surface area contributed by atoms with E-state index >= 15 is 0 Å². The minimum atomic E-state index is -0.760. The Hall–Kier alpha value is -1.99. The number of Topliss-reactive ketones (excluding diaryl/α,β-unsaturated/α-hetero) is 2. The molecule has 6 aliphatic rings. The van der Waals surface area contributed by atoms with Gasteiger partial charge in [0, 0.05) is 32.1 Å². The van der Waals surface area contributed by atoms with Gasteiger partial charge in [0.15, 0.2) is 24.1 Å². The molecule has 286 valence electrons. The molecule has 11 nitrogen and oxygen atoms in total. The highest BCUT2D eigenvalue weighted by Crippen LogP contribution is 2.54. The number of methoxy groups -OCH3 is 2. The molecule has 0 aromatic carbocycles. The van der Waals surface area contributed by atoms with Crippen LogP contribution in [0.1, 0.15) is 85.5 Å². The Kier molecular flexibility index (Phi) is 12.6. The maximum atomic E-state index is 14.6. The number of rotatable bonds is 8. The predicted molar refractivity (Wildman–Crippen MR) is 188 cm³/mol. The van der Waals surface area contributed by atoms with Crippen LogP contribution in [0.2, 0.25) is 0 Å². The standard InChI is InChI=1S/C40H61NO10/c1-9-25-11-10-12-33(51-35-16-15-32(41(5)6)22(3)47-35)21(2)36(43)31-19-29-27(30(31)20-34(42)49-25)14-13-24-17-26(18-28(24)29)50-40-39(46-8)38(45-7)37(44)23(4)48-40/h13-14,19,21-30,32-33,35,38-40H,9-12,15-18,20H2,1-8H3/t21-,22-,23+,24-,25+,26-,27-,28-,29-,30+,32+,33+,35+,38-,39-,40+/m1/s1. The van der Waals surface area contributed by atoms with E-state index in [2.05, 4.69) is 51.1 Å². The SMILES string of the molecule is CC[C@H]1CCC[C@H](O[C@H]2CC[C@H](N(C)C)[C@@H](C)O2)[C@@H](C)C(=O)C2=C[C@@H]3[C@@H](C=C[C@@H]4C[C@@H](O[C@@H]5O[C@@H](C)C(=O)[C@@H](OC)[C@H]5OC)C[C@@H]34)[C@@H]2CC(=O)O1. The molecule has 3 saturated heterocycles. The number of allylic oxidation sites excluding steroid dienone is 4. The fourth-order valence-electron chi connectivity index (χ4n) is 9.95. The van der Waals surface area contributed by atoms with Crippen molar-refractivity contribution in [2.24, 2.45) is 35.5 Å². The Morgan fingerprint density at radius 2 is 1.69 bits per heavy atom. The number of carbonyl (C=O) groups is 3. The summed E-state index contributed by atoms with van der Waals surface area (Å²) in [4.78, 5) is 43.0. The number of ketones is 2. The Morgan fingerprint density at radius 3 is 2.37 bits per heavy atom. The molecule has 3 heterocycles. The fraction of sp³-hybridized carbons (Fsp3) is 0.825. The van der Waals surface area contributed by atoms with Crippen molar-refractivity contribution in [3.05, 3.63) is 23.8 Å². The number of fused-ring (bicyclic) bond motifs is 5. The average molecular weight is 716 g/mol. The quantitative estimate of drug-likeness (QED) is 0.249. The van der Waals surface area contributed by atoms with Gasteiger partial charge in [-0.15, -0.1) is 0 Å². The molecule has 51 heavy (non-hydrogen) atoms. The molecule has 4 fully saturated rings. The summed E-state index contributed by atoms with van der Waals surface area (Å²) < 4.78 is 42.8. The zero-order chi connectivity index (χ0) is 36.6. The van der Waals surface area contributed by atoms with E-state index in [4.69, 9.17) is 33.2 Å². The van der Waals surface area contributed by atoms with Gasteiger partial charge in [0.05, 0.1) is 24.7 Å². The zero-order valence-corrected chi connectivity index (χ0v) is 31.9. The highest BCUT2D eigenvalue weighted by molar-refractivity contribution is 5.99. The molecule has 0 bridgehead atoms. The maximum Gasteiger partial charge on any atom is 0.306 e. The second kappa shape index (κ2) is 16.6. The van der Waals surface area contributed by atoms with Crippen LogP contribution in [0.3, 0.4) is 0 Å². The highest BCUT2D eigenvalue weighted by atomic mass is 16.7. The van der Waals surface area contributed by atoms with Crippen LogP contribution < -0.4 is 0 Å². The molecule has 11 heteroatoms. The van der Waals surface area contributed by atoms with Gasteiger partial charge in [0.1, 0.15) is 24.4 Å². The van der Waals surface area contributed by atoms with Gasteiger partial charge in [0.25, 0.3) is 0 Å². The summed E-state index contributed by atoms with van der Waals surface area (Å²) in [5.41, 5.74) is 0.738. The smallest absolute Gasteiger partial charge is 0.306 e. The Labute approximate surface area is 304 Å². The van der Waals surface area contributed by atoms with E-state index in [9.17, 15) is 14.4 Å². The lowest BCUT2D eigenvalue weighted by molar-refractivity contribution is -0.271. The van der Waals surface area contributed by atoms with E-state index in [0.717, 1.165) is 50.5 Å². The molecule has 0 aromatic heterocycles. The van der Waals surface area contributed by atoms with Gasteiger partial charge in [-0.2, -0.15) is 0 Å². The second-order valence-electron chi connectivity index (χ2n) is 16.1. The van der Waals surface area contributed by atoms with Gasteiger partial charge in [0.2, 0.25) is 0 Å². The zero-order valence-electron chi connectivity index (χ0n) is 31.9. The van der Waals surface area contributed by atoms with Crippen LogP contribution >= 0.6 is 0 Å². The second-order valence-corrected chi connectivity index (χ2v) is 16.1. The molecule has 3 aliphatic carbocycles. The Balaban J connectivity index is 1.21. The minimum absolute atomic E-state index is 0.0183. The number of carbonyl (C=O) groups excluding carboxylic acids is 3. The number of cyclic esters (lactones) is 1. The van der Waals surface area contributed by atoms with Crippen LogP contribution in [-0.2, 0) is 47.5 Å². The normalized spacial score (nSPS) is 45.0. The molecule has 0 aromatic rings. The summed E-state index contributed by atoms with van der Waals surface area (Å²) in [6.07, 6.45) is 9.43. The van der Waals surface area contributed by atoms with Crippen LogP contribution in [0.15, 0.2) is 23.8 Å². The molecule has 16 atom stereocenters. The third kappa shape index (κ3) is 8.10. The van der Waals surface area contributed by atoms with Crippen LogP contribution in [0.25, 0.3) is 0 Å². The van der Waals surface area contributed by atoms with Gasteiger partial charge in [-0.25, -0.2) is 0 Å². The summed E-state index contributed by atoms with van der Waals surface area (Å²) in [6, 6.07) is 0.331. The summed E-state index contributed by atoms with van der Waals surface area (Å²) in [7, 11) is 7.21. The monoisotopic (exact) mass is 715 g/mol. The van der Waals surface area contributed by atoms with E-state index in [1.807, 2.05) is 6.92 Å². The summed E-state index contributed by atoms with van der Waals surface area (Å²) >= 11 is 0. The highest BCUT2D eigenvalue weighted by Gasteiger charge is 2.52. The van der Waals surface area contributed by atoms with Crippen LogP contribution in [0, 0.1) is 35.5 Å². The fourth-order valence-corrected chi connectivity index (χ4v) is 9.95. The summed E-state index contributed by atoms with van der Waals surface area (Å²) in [5.74, 6) is -0.363. The molecule has 3 aliphatic heterocycles. The first-order chi connectivity index (χ1) is 24.4. The van der Waals surface area contributed by atoms with Crippen molar-refractivity contribution in [3.63, 3.8) is 0 Å². The first-order valence-corrected chi connectivity index (χ1v) is 19.4. The van der Waals surface area contributed by atoms with Crippen molar-refractivity contribution in [3.8, 4) is 0 Å². The molecular weight excluding hydrogens is 654 g/mol. The molecule has 0 amide bonds. The van der Waals surface area contributed by atoms with Crippen LogP contribution in [0.5, 0.6) is 0 Å². The average Bonchev–Trinajstić information content (AvgIpc) is 3.68. The van der Waals surface area contributed by atoms with Gasteiger partial charge in [-0.05, 0) is 109 Å². The number of ether oxygens (including phenoxy) is 7. The van der Waals surface area contributed by atoms with E-state index in [1.54, 1.807) is 6.92 Å². The Morgan fingerprint density at radius 1 is 0.902 bits per heavy atom. The first-order valence-electron chi connectivity index (χ1n) is 19.4. The van der Waals surface area contributed by atoms with Crippen molar-refractivity contribution < 1.29 is 47.5 Å². The molecular formula is C40H61NO10. The van der Waals surface area contributed by atoms with E-state index in [0.29, 0.717) is 12.5 Å². The van der Waals surface area contributed by atoms with E-state index in [1.165, 1.54) is 14.2 Å². The topological polar surface area (TPSA) is 119 Å². The molecule has 1 saturated carbocycles. The lowest BCUT2D eigenvalue weighted by atomic mass is 9.70. The largest absolute Gasteiger partial charge is 0.462 e. The molecule has 0 N–H and O–H groups in total. The Bertz CT molecular complexity index is 1320.